The van der Waals surface area contributed by atoms with Crippen molar-refractivity contribution < 1.29 is 9.90 Å². The number of halogens is 4. The summed E-state index contributed by atoms with van der Waals surface area (Å²) in [6.45, 7) is 0. The van der Waals surface area contributed by atoms with Crippen LogP contribution in [0.4, 0.5) is 0 Å². The summed E-state index contributed by atoms with van der Waals surface area (Å²) >= 11 is 18.8. The van der Waals surface area contributed by atoms with Crippen LogP contribution < -0.4 is 0 Å². The van der Waals surface area contributed by atoms with Gasteiger partial charge in [0.25, 0.3) is 0 Å². The van der Waals surface area contributed by atoms with Gasteiger partial charge < -0.3 is 5.11 Å². The number of carboxylic acid groups (broad SMARTS) is 1. The molecule has 1 unspecified atom stereocenters. The summed E-state index contributed by atoms with van der Waals surface area (Å²) in [7, 11) is 0. The van der Waals surface area contributed by atoms with Gasteiger partial charge in [-0.15, -0.1) is 0 Å². The number of carboxylic acids is 1. The predicted octanol–water partition coefficient (Wildman–Crippen LogP) is 2.59. The summed E-state index contributed by atoms with van der Waals surface area (Å²) in [6, 6.07) is 0. The molecule has 1 atom stereocenters. The van der Waals surface area contributed by atoms with Crippen LogP contribution in [0.25, 0.3) is 0 Å². The summed E-state index contributed by atoms with van der Waals surface area (Å²) in [5.41, 5.74) is 0. The van der Waals surface area contributed by atoms with Gasteiger partial charge in [-0.05, 0) is 0 Å². The largest absolute Gasteiger partial charge is 0.480 e. The minimum atomic E-state index is -1.51. The number of aliphatic carboxylic acids is 1. The summed E-state index contributed by atoms with van der Waals surface area (Å²) in [4.78, 5) is 9.35. The molecule has 0 rings (SSSR count). The van der Waals surface area contributed by atoms with E-state index in [0.717, 1.165) is 0 Å². The van der Waals surface area contributed by atoms with Gasteiger partial charge in [0.15, 0.2) is 3.79 Å². The maximum Gasteiger partial charge on any atom is 0.317 e. The maximum atomic E-state index is 10.2. The van der Waals surface area contributed by atoms with Gasteiger partial charge in [0.05, 0.1) is 0 Å². The van der Waals surface area contributed by atoms with Gasteiger partial charge in [-0.2, -0.15) is 0 Å². The monoisotopic (exact) mass is 268 g/mol. The Bertz CT molecular complexity index is 133. The molecule has 0 fully saturated rings. The van der Waals surface area contributed by atoms with E-state index in [-0.39, 0.29) is 6.42 Å². The predicted molar refractivity (Wildman–Crippen MR) is 45.3 cm³/mol. The maximum absolute atomic E-state index is 10.2. The molecule has 0 spiro atoms. The molecule has 0 heterocycles. The third-order valence-electron chi connectivity index (χ3n) is 0.679. The molecule has 0 aromatic heterocycles. The van der Waals surface area contributed by atoms with E-state index in [4.69, 9.17) is 39.9 Å². The molecule has 0 saturated carbocycles. The Morgan fingerprint density at radius 2 is 2.00 bits per heavy atom. The average molecular weight is 270 g/mol. The first-order valence-corrected chi connectivity index (χ1v) is 4.31. The van der Waals surface area contributed by atoms with E-state index in [1.54, 1.807) is 0 Å². The first-order chi connectivity index (χ1) is 4.33. The molecule has 0 radical (unpaired) electrons. The fourth-order valence-corrected chi connectivity index (χ4v) is 1.80. The third-order valence-corrected chi connectivity index (χ3v) is 1.86. The van der Waals surface area contributed by atoms with Crippen LogP contribution in [0, 0.1) is 0 Å². The first kappa shape index (κ1) is 10.8. The number of rotatable bonds is 2. The Morgan fingerprint density at radius 1 is 1.60 bits per heavy atom. The minimum Gasteiger partial charge on any atom is -0.480 e. The normalized spacial score (nSPS) is 14.8. The summed E-state index contributed by atoms with van der Waals surface area (Å²) in [6.07, 6.45) is -0.0486. The van der Waals surface area contributed by atoms with Crippen LogP contribution in [-0.4, -0.2) is 19.7 Å². The Balaban J connectivity index is 3.80. The smallest absolute Gasteiger partial charge is 0.317 e. The standard InChI is InChI=1S/C4H4BrCl3O2/c5-2(3(9)10)1-4(6,7)8/h2H,1H2,(H,9,10). The molecule has 1 N–H and O–H groups in total. The highest BCUT2D eigenvalue weighted by molar-refractivity contribution is 9.10. The molecule has 0 aliphatic rings. The molecule has 0 aliphatic heterocycles. The van der Waals surface area contributed by atoms with Gasteiger partial charge in [-0.25, -0.2) is 0 Å². The third kappa shape index (κ3) is 5.59. The summed E-state index contributed by atoms with van der Waals surface area (Å²) in [5, 5.41) is 8.32. The van der Waals surface area contributed by atoms with Gasteiger partial charge in [-0.3, -0.25) is 4.79 Å². The van der Waals surface area contributed by atoms with Crippen molar-refractivity contribution in [2.75, 3.05) is 0 Å². The zero-order valence-corrected chi connectivity index (χ0v) is 8.51. The molecule has 2 nitrogen and oxygen atoms in total. The highest BCUT2D eigenvalue weighted by atomic mass is 79.9. The van der Waals surface area contributed by atoms with E-state index in [9.17, 15) is 4.79 Å². The number of hydrogen-bond donors (Lipinski definition) is 1. The molecule has 0 aromatic rings. The van der Waals surface area contributed by atoms with E-state index in [1.807, 2.05) is 0 Å². The molecule has 0 aliphatic carbocycles. The van der Waals surface area contributed by atoms with Gasteiger partial charge in [0, 0.05) is 6.42 Å². The topological polar surface area (TPSA) is 37.3 Å². The van der Waals surface area contributed by atoms with Crippen molar-refractivity contribution in [3.63, 3.8) is 0 Å². The van der Waals surface area contributed by atoms with E-state index in [0.29, 0.717) is 0 Å². The van der Waals surface area contributed by atoms with Gasteiger partial charge in [-0.1, -0.05) is 50.7 Å². The van der Waals surface area contributed by atoms with Crippen molar-refractivity contribution in [2.45, 2.75) is 15.0 Å². The highest BCUT2D eigenvalue weighted by Crippen LogP contribution is 2.33. The van der Waals surface area contributed by atoms with Gasteiger partial charge in [0.1, 0.15) is 4.83 Å². The lowest BCUT2D eigenvalue weighted by Crippen LogP contribution is -2.19. The van der Waals surface area contributed by atoms with Crippen LogP contribution in [0.2, 0.25) is 0 Å². The van der Waals surface area contributed by atoms with Crippen LogP contribution in [0.3, 0.4) is 0 Å². The lowest BCUT2D eigenvalue weighted by atomic mass is 10.3. The Kier molecular flexibility index (Phi) is 4.33. The van der Waals surface area contributed by atoms with Crippen LogP contribution in [0.5, 0.6) is 0 Å². The number of alkyl halides is 4. The van der Waals surface area contributed by atoms with Gasteiger partial charge in [0.2, 0.25) is 0 Å². The highest BCUT2D eigenvalue weighted by Gasteiger charge is 2.27. The molecule has 6 heteroatoms. The summed E-state index contributed by atoms with van der Waals surface area (Å²) < 4.78 is -1.51. The SMILES string of the molecule is O=C(O)C(Br)CC(Cl)(Cl)Cl. The zero-order chi connectivity index (χ0) is 8.36. The Hall–Kier alpha value is 0.820. The second-order valence-electron chi connectivity index (χ2n) is 1.63. The van der Waals surface area contributed by atoms with E-state index < -0.39 is 14.6 Å². The second-order valence-corrected chi connectivity index (χ2v) is 5.25. The fourth-order valence-electron chi connectivity index (χ4n) is 0.291. The molecule has 0 aromatic carbocycles. The molecular formula is C4H4BrCl3O2. The summed E-state index contributed by atoms with van der Waals surface area (Å²) in [5.74, 6) is -1.04. The quantitative estimate of drug-likeness (QED) is 0.783. The van der Waals surface area contributed by atoms with Crippen molar-refractivity contribution >= 4 is 56.7 Å². The van der Waals surface area contributed by atoms with Crippen LogP contribution >= 0.6 is 50.7 Å². The van der Waals surface area contributed by atoms with E-state index >= 15 is 0 Å². The molecule has 0 bridgehead atoms. The first-order valence-electron chi connectivity index (χ1n) is 2.26. The Morgan fingerprint density at radius 3 is 2.10 bits per heavy atom. The number of hydrogen-bond acceptors (Lipinski definition) is 1. The van der Waals surface area contributed by atoms with Crippen molar-refractivity contribution in [2.24, 2.45) is 0 Å². The molecular weight excluding hydrogens is 266 g/mol. The van der Waals surface area contributed by atoms with Crippen molar-refractivity contribution in [1.29, 1.82) is 0 Å². The Labute approximate surface area is 81.6 Å². The van der Waals surface area contributed by atoms with Crippen molar-refractivity contribution in [3.05, 3.63) is 0 Å². The average Bonchev–Trinajstić information content (AvgIpc) is 1.60. The van der Waals surface area contributed by atoms with E-state index in [1.165, 1.54) is 0 Å². The van der Waals surface area contributed by atoms with Crippen LogP contribution in [-0.2, 0) is 4.79 Å². The minimum absolute atomic E-state index is 0.0486. The zero-order valence-electron chi connectivity index (χ0n) is 4.65. The van der Waals surface area contributed by atoms with Crippen LogP contribution in [0.15, 0.2) is 0 Å². The molecule has 0 saturated heterocycles. The lowest BCUT2D eigenvalue weighted by molar-refractivity contribution is -0.136. The number of carbonyl (C=O) groups is 1. The molecule has 10 heavy (non-hydrogen) atoms. The van der Waals surface area contributed by atoms with Gasteiger partial charge >= 0.3 is 5.97 Å². The molecule has 60 valence electrons. The van der Waals surface area contributed by atoms with Crippen molar-refractivity contribution in [3.8, 4) is 0 Å². The lowest BCUT2D eigenvalue weighted by Gasteiger charge is -2.11. The van der Waals surface area contributed by atoms with Crippen LogP contribution in [0.1, 0.15) is 6.42 Å². The molecule has 0 amide bonds. The van der Waals surface area contributed by atoms with E-state index in [2.05, 4.69) is 15.9 Å². The second kappa shape index (κ2) is 4.00. The van der Waals surface area contributed by atoms with Crippen molar-refractivity contribution in [1.82, 2.24) is 0 Å². The fraction of sp³-hybridized carbons (Fsp3) is 0.750.